The summed E-state index contributed by atoms with van der Waals surface area (Å²) in [6.07, 6.45) is 0.785. The predicted octanol–water partition coefficient (Wildman–Crippen LogP) is 3.17. The van der Waals surface area contributed by atoms with Crippen LogP contribution in [0.3, 0.4) is 0 Å². The summed E-state index contributed by atoms with van der Waals surface area (Å²) < 4.78 is 28.7. The lowest BCUT2D eigenvalue weighted by Gasteiger charge is -2.26. The van der Waals surface area contributed by atoms with Crippen molar-refractivity contribution in [2.45, 2.75) is 44.7 Å². The highest BCUT2D eigenvalue weighted by molar-refractivity contribution is 7.89. The molecule has 1 heterocycles. The van der Waals surface area contributed by atoms with Crippen molar-refractivity contribution >= 4 is 31.4 Å². The molecule has 21 heavy (non-hydrogen) atoms. The van der Waals surface area contributed by atoms with Gasteiger partial charge in [-0.15, -0.1) is 11.3 Å². The minimum atomic E-state index is -3.52. The topological polar surface area (TPSA) is 63.4 Å². The van der Waals surface area contributed by atoms with Crippen LogP contribution >= 0.6 is 11.3 Å². The molecule has 1 aromatic carbocycles. The fraction of sp³-hybridized carbons (Fsp3) is 0.467. The van der Waals surface area contributed by atoms with E-state index >= 15 is 0 Å². The van der Waals surface area contributed by atoms with E-state index in [1.165, 1.54) is 11.3 Å². The molecule has 6 heteroatoms. The fourth-order valence-corrected chi connectivity index (χ4v) is 6.04. The molecule has 0 aliphatic carbocycles. The first-order valence-electron chi connectivity index (χ1n) is 7.19. The van der Waals surface area contributed by atoms with E-state index < -0.39 is 10.0 Å². The summed E-state index contributed by atoms with van der Waals surface area (Å²) in [7, 11) is -3.52. The predicted molar refractivity (Wildman–Crippen MR) is 89.0 cm³/mol. The van der Waals surface area contributed by atoms with E-state index in [4.69, 9.17) is 5.73 Å². The highest BCUT2D eigenvalue weighted by Gasteiger charge is 2.31. The molecule has 4 nitrogen and oxygen atoms in total. The molecule has 0 amide bonds. The number of rotatable bonds is 6. The van der Waals surface area contributed by atoms with Crippen molar-refractivity contribution < 1.29 is 8.42 Å². The summed E-state index contributed by atoms with van der Waals surface area (Å²) in [6.45, 7) is 6.52. The Morgan fingerprint density at radius 3 is 2.52 bits per heavy atom. The van der Waals surface area contributed by atoms with Crippen LogP contribution in [0.15, 0.2) is 29.2 Å². The Morgan fingerprint density at radius 2 is 1.95 bits per heavy atom. The molecule has 1 atom stereocenters. The van der Waals surface area contributed by atoms with Gasteiger partial charge in [-0.05, 0) is 19.4 Å². The van der Waals surface area contributed by atoms with Crippen molar-refractivity contribution in [3.63, 3.8) is 0 Å². The van der Waals surface area contributed by atoms with Crippen LogP contribution in [-0.4, -0.2) is 25.3 Å². The molecule has 0 spiro atoms. The second kappa shape index (κ2) is 6.44. The zero-order valence-corrected chi connectivity index (χ0v) is 14.3. The molecular formula is C15H22N2O2S2. The molecule has 0 aliphatic rings. The second-order valence-corrected chi connectivity index (χ2v) is 7.98. The molecule has 2 aromatic rings. The zero-order valence-electron chi connectivity index (χ0n) is 12.7. The summed E-state index contributed by atoms with van der Waals surface area (Å²) in [4.78, 5) is 1.13. The summed E-state index contributed by atoms with van der Waals surface area (Å²) >= 11 is 1.47. The highest BCUT2D eigenvalue weighted by atomic mass is 32.2. The summed E-state index contributed by atoms with van der Waals surface area (Å²) in [5, 5.41) is 0.782. The van der Waals surface area contributed by atoms with Crippen LogP contribution in [0.2, 0.25) is 0 Å². The van der Waals surface area contributed by atoms with E-state index in [9.17, 15) is 8.42 Å². The van der Waals surface area contributed by atoms with Crippen LogP contribution in [-0.2, 0) is 16.6 Å². The van der Waals surface area contributed by atoms with Gasteiger partial charge < -0.3 is 5.73 Å². The molecule has 0 radical (unpaired) electrons. The van der Waals surface area contributed by atoms with Gasteiger partial charge in [-0.2, -0.15) is 4.31 Å². The molecular weight excluding hydrogens is 304 g/mol. The normalized spacial score (nSPS) is 14.0. The van der Waals surface area contributed by atoms with Gasteiger partial charge in [-0.1, -0.05) is 32.0 Å². The lowest BCUT2D eigenvalue weighted by atomic mass is 10.2. The van der Waals surface area contributed by atoms with Crippen molar-refractivity contribution in [1.29, 1.82) is 0 Å². The van der Waals surface area contributed by atoms with Gasteiger partial charge >= 0.3 is 0 Å². The molecule has 2 N–H and O–H groups in total. The molecule has 0 saturated heterocycles. The summed E-state index contributed by atoms with van der Waals surface area (Å²) in [6, 6.07) is 7.57. The van der Waals surface area contributed by atoms with E-state index in [0.717, 1.165) is 21.4 Å². The van der Waals surface area contributed by atoms with Gasteiger partial charge in [0, 0.05) is 34.1 Å². The van der Waals surface area contributed by atoms with Gasteiger partial charge in [-0.25, -0.2) is 8.42 Å². The third-order valence-corrected chi connectivity index (χ3v) is 7.30. The average molecular weight is 326 g/mol. The Morgan fingerprint density at radius 1 is 1.29 bits per heavy atom. The molecule has 1 aromatic heterocycles. The van der Waals surface area contributed by atoms with Crippen LogP contribution in [0.25, 0.3) is 10.1 Å². The Balaban J connectivity index is 2.69. The fourth-order valence-electron chi connectivity index (χ4n) is 2.53. The average Bonchev–Trinajstić information content (AvgIpc) is 2.86. The van der Waals surface area contributed by atoms with E-state index in [0.29, 0.717) is 11.4 Å². The number of fused-ring (bicyclic) bond motifs is 1. The zero-order chi connectivity index (χ0) is 15.6. The first-order valence-corrected chi connectivity index (χ1v) is 9.45. The largest absolute Gasteiger partial charge is 0.326 e. The molecule has 0 saturated carbocycles. The smallest absolute Gasteiger partial charge is 0.245 e. The molecule has 2 rings (SSSR count). The van der Waals surface area contributed by atoms with Gasteiger partial charge in [0.05, 0.1) is 0 Å². The molecule has 1 unspecified atom stereocenters. The number of hydrogen-bond donors (Lipinski definition) is 1. The monoisotopic (exact) mass is 326 g/mol. The van der Waals surface area contributed by atoms with Gasteiger partial charge in [0.25, 0.3) is 0 Å². The van der Waals surface area contributed by atoms with Gasteiger partial charge in [0.1, 0.15) is 4.90 Å². The van der Waals surface area contributed by atoms with Crippen LogP contribution in [0.4, 0.5) is 0 Å². The summed E-state index contributed by atoms with van der Waals surface area (Å²) in [5.41, 5.74) is 5.79. The Bertz CT molecular complexity index is 722. The lowest BCUT2D eigenvalue weighted by molar-refractivity contribution is 0.343. The van der Waals surface area contributed by atoms with Gasteiger partial charge in [0.15, 0.2) is 0 Å². The maximum Gasteiger partial charge on any atom is 0.245 e. The molecule has 116 valence electrons. The number of hydrogen-bond acceptors (Lipinski definition) is 4. The van der Waals surface area contributed by atoms with Gasteiger partial charge in [0.2, 0.25) is 10.0 Å². The summed E-state index contributed by atoms with van der Waals surface area (Å²) in [5.74, 6) is 0. The standard InChI is InChI=1S/C15H22N2O2S2/c1-4-11(3)17(5-2)21(18,19)15-12-8-6-7-9-13(12)20-14(15)10-16/h6-9,11H,4-5,10,16H2,1-3H3. The van der Waals surface area contributed by atoms with E-state index in [2.05, 4.69) is 0 Å². The minimum Gasteiger partial charge on any atom is -0.326 e. The first-order chi connectivity index (χ1) is 9.97. The number of sulfonamides is 1. The molecule has 0 aliphatic heterocycles. The van der Waals surface area contributed by atoms with Crippen LogP contribution in [0.5, 0.6) is 0 Å². The lowest BCUT2D eigenvalue weighted by Crippen LogP contribution is -2.38. The van der Waals surface area contributed by atoms with E-state index in [1.54, 1.807) is 4.31 Å². The number of nitrogens with two attached hydrogens (primary N) is 1. The van der Waals surface area contributed by atoms with Crippen LogP contribution < -0.4 is 5.73 Å². The number of thiophene rings is 1. The third-order valence-electron chi connectivity index (χ3n) is 3.76. The highest BCUT2D eigenvalue weighted by Crippen LogP contribution is 2.36. The Kier molecular flexibility index (Phi) is 5.03. The SMILES string of the molecule is CCC(C)N(CC)S(=O)(=O)c1c(CN)sc2ccccc12. The van der Waals surface area contributed by atoms with Crippen molar-refractivity contribution in [3.8, 4) is 0 Å². The minimum absolute atomic E-state index is 0.0238. The Hall–Kier alpha value is -0.950. The Labute approximate surface area is 130 Å². The maximum absolute atomic E-state index is 13.1. The number of nitrogens with zero attached hydrogens (tertiary/aromatic N) is 1. The van der Waals surface area contributed by atoms with Crippen molar-refractivity contribution in [1.82, 2.24) is 4.31 Å². The van der Waals surface area contributed by atoms with Crippen LogP contribution in [0.1, 0.15) is 32.1 Å². The van der Waals surface area contributed by atoms with Crippen molar-refractivity contribution in [2.75, 3.05) is 6.54 Å². The maximum atomic E-state index is 13.1. The molecule has 0 bridgehead atoms. The van der Waals surface area contributed by atoms with E-state index in [-0.39, 0.29) is 12.6 Å². The van der Waals surface area contributed by atoms with Crippen molar-refractivity contribution in [3.05, 3.63) is 29.1 Å². The van der Waals surface area contributed by atoms with Crippen LogP contribution in [0, 0.1) is 0 Å². The third kappa shape index (κ3) is 2.85. The van der Waals surface area contributed by atoms with Crippen molar-refractivity contribution in [2.24, 2.45) is 5.73 Å². The van der Waals surface area contributed by atoms with Gasteiger partial charge in [-0.3, -0.25) is 0 Å². The quantitative estimate of drug-likeness (QED) is 0.887. The number of benzene rings is 1. The first kappa shape index (κ1) is 16.4. The second-order valence-electron chi connectivity index (χ2n) is 5.02. The van der Waals surface area contributed by atoms with E-state index in [1.807, 2.05) is 45.0 Å². The molecule has 0 fully saturated rings.